The van der Waals surface area contributed by atoms with E-state index < -0.39 is 0 Å². The van der Waals surface area contributed by atoms with E-state index in [1.54, 1.807) is 0 Å². The molecule has 0 amide bonds. The Morgan fingerprint density at radius 1 is 0.292 bits per heavy atom. The molecule has 0 spiro atoms. The van der Waals surface area contributed by atoms with Crippen LogP contribution in [-0.2, 0) is 0 Å². The Kier molecular flexibility index (Phi) is 6.84. The molecule has 0 N–H and O–H groups in total. The molecule has 0 bridgehead atoms. The summed E-state index contributed by atoms with van der Waals surface area (Å²) in [6.45, 7) is 0. The molecule has 1 heterocycles. The Balaban J connectivity index is 1.29. The fourth-order valence-electron chi connectivity index (χ4n) is 6.97. The van der Waals surface area contributed by atoms with Crippen LogP contribution in [0.2, 0.25) is 0 Å². The Hall–Kier alpha value is -6.38. The second kappa shape index (κ2) is 11.8. The maximum absolute atomic E-state index is 5.26. The van der Waals surface area contributed by atoms with E-state index in [4.69, 9.17) is 9.97 Å². The lowest BCUT2D eigenvalue weighted by atomic mass is 9.90. The molecule has 0 atom stereocenters. The zero-order valence-electron chi connectivity index (χ0n) is 26.2. The van der Waals surface area contributed by atoms with Crippen molar-refractivity contribution in [1.29, 1.82) is 0 Å². The third-order valence-electron chi connectivity index (χ3n) is 9.29. The van der Waals surface area contributed by atoms with Gasteiger partial charge in [0.05, 0.1) is 11.4 Å². The van der Waals surface area contributed by atoms with Gasteiger partial charge >= 0.3 is 0 Å². The first-order valence-corrected chi connectivity index (χ1v) is 16.3. The molecule has 48 heavy (non-hydrogen) atoms. The second-order valence-corrected chi connectivity index (χ2v) is 12.2. The third-order valence-corrected chi connectivity index (χ3v) is 9.29. The summed E-state index contributed by atoms with van der Waals surface area (Å²) < 4.78 is 0. The van der Waals surface area contributed by atoms with E-state index in [2.05, 4.69) is 164 Å². The van der Waals surface area contributed by atoms with Gasteiger partial charge in [-0.2, -0.15) is 0 Å². The largest absolute Gasteiger partial charge is 0.228 e. The number of fused-ring (bicyclic) bond motifs is 3. The van der Waals surface area contributed by atoms with Crippen molar-refractivity contribution in [2.75, 3.05) is 0 Å². The summed E-state index contributed by atoms with van der Waals surface area (Å²) in [5, 5.41) is 7.24. The molecular weight excluding hydrogens is 581 g/mol. The van der Waals surface area contributed by atoms with Crippen molar-refractivity contribution in [2.24, 2.45) is 0 Å². The zero-order chi connectivity index (χ0) is 31.9. The van der Waals surface area contributed by atoms with Gasteiger partial charge in [-0.25, -0.2) is 9.97 Å². The molecule has 0 aliphatic rings. The van der Waals surface area contributed by atoms with Crippen LogP contribution in [0.1, 0.15) is 0 Å². The summed E-state index contributed by atoms with van der Waals surface area (Å²) in [5.41, 5.74) is 9.69. The van der Waals surface area contributed by atoms with E-state index in [0.29, 0.717) is 5.82 Å². The van der Waals surface area contributed by atoms with Crippen LogP contribution in [0.3, 0.4) is 0 Å². The first-order valence-electron chi connectivity index (χ1n) is 16.3. The van der Waals surface area contributed by atoms with Gasteiger partial charge in [0.2, 0.25) is 0 Å². The average Bonchev–Trinajstić information content (AvgIpc) is 3.17. The fraction of sp³-hybridized carbons (Fsp3) is 0. The number of aromatic nitrogens is 2. The van der Waals surface area contributed by atoms with Crippen LogP contribution in [0, 0.1) is 0 Å². The molecule has 9 rings (SSSR count). The molecule has 0 saturated heterocycles. The van der Waals surface area contributed by atoms with Gasteiger partial charge < -0.3 is 0 Å². The van der Waals surface area contributed by atoms with Crippen molar-refractivity contribution in [3.63, 3.8) is 0 Å². The smallest absolute Gasteiger partial charge is 0.160 e. The number of nitrogens with zero attached hydrogens (tertiary/aromatic N) is 2. The van der Waals surface area contributed by atoms with E-state index in [1.165, 1.54) is 43.6 Å². The summed E-state index contributed by atoms with van der Waals surface area (Å²) in [4.78, 5) is 10.5. The molecule has 0 saturated carbocycles. The number of benzene rings is 8. The van der Waals surface area contributed by atoms with Crippen molar-refractivity contribution in [3.05, 3.63) is 182 Å². The van der Waals surface area contributed by atoms with Gasteiger partial charge in [0.15, 0.2) is 5.82 Å². The third kappa shape index (κ3) is 4.92. The molecule has 2 heteroatoms. The van der Waals surface area contributed by atoms with Crippen molar-refractivity contribution in [3.8, 4) is 56.2 Å². The number of hydrogen-bond acceptors (Lipinski definition) is 2. The van der Waals surface area contributed by atoms with Gasteiger partial charge in [-0.15, -0.1) is 0 Å². The molecule has 8 aromatic carbocycles. The lowest BCUT2D eigenvalue weighted by Crippen LogP contribution is -1.98. The molecule has 0 radical (unpaired) electrons. The van der Waals surface area contributed by atoms with Crippen LogP contribution < -0.4 is 0 Å². The Labute approximate surface area is 279 Å². The predicted molar refractivity (Wildman–Crippen MR) is 202 cm³/mol. The maximum Gasteiger partial charge on any atom is 0.160 e. The minimum Gasteiger partial charge on any atom is -0.228 e. The highest BCUT2D eigenvalue weighted by Crippen LogP contribution is 2.41. The topological polar surface area (TPSA) is 25.8 Å². The quantitative estimate of drug-likeness (QED) is 0.194. The van der Waals surface area contributed by atoms with Crippen molar-refractivity contribution in [2.45, 2.75) is 0 Å². The number of hydrogen-bond donors (Lipinski definition) is 0. The molecular formula is C46H30N2. The van der Waals surface area contributed by atoms with Crippen LogP contribution in [0.15, 0.2) is 182 Å². The van der Waals surface area contributed by atoms with Gasteiger partial charge in [-0.1, -0.05) is 170 Å². The zero-order valence-corrected chi connectivity index (χ0v) is 26.2. The maximum atomic E-state index is 5.26. The minimum atomic E-state index is 0.706. The van der Waals surface area contributed by atoms with E-state index in [9.17, 15) is 0 Å². The Morgan fingerprint density at radius 3 is 1.56 bits per heavy atom. The van der Waals surface area contributed by atoms with Crippen LogP contribution in [0.25, 0.3) is 88.5 Å². The van der Waals surface area contributed by atoms with Crippen LogP contribution in [0.5, 0.6) is 0 Å². The standard InChI is InChI=1S/C46H30N2/c1-3-15-33(16-4-1)45-38-20-10-9-14-32(38)25-26-42(45)44-30-43(47-46(48-44)34-17-5-2-6-18-34)41-28-27-37(39-21-11-12-22-40(39)41)36-24-23-31-13-7-8-19-35(31)29-36/h1-30H. The summed E-state index contributed by atoms with van der Waals surface area (Å²) in [7, 11) is 0. The predicted octanol–water partition coefficient (Wildman–Crippen LogP) is 12.3. The van der Waals surface area contributed by atoms with Gasteiger partial charge in [-0.3, -0.25) is 0 Å². The molecule has 1 aromatic heterocycles. The monoisotopic (exact) mass is 610 g/mol. The van der Waals surface area contributed by atoms with Crippen LogP contribution in [0.4, 0.5) is 0 Å². The van der Waals surface area contributed by atoms with Crippen LogP contribution >= 0.6 is 0 Å². The lowest BCUT2D eigenvalue weighted by Gasteiger charge is -2.17. The highest BCUT2D eigenvalue weighted by atomic mass is 14.9. The summed E-state index contributed by atoms with van der Waals surface area (Å²) >= 11 is 0. The molecule has 2 nitrogen and oxygen atoms in total. The minimum absolute atomic E-state index is 0.706. The summed E-state index contributed by atoms with van der Waals surface area (Å²) in [6, 6.07) is 64.5. The number of rotatable bonds is 5. The van der Waals surface area contributed by atoms with E-state index in [0.717, 1.165) is 39.0 Å². The first-order chi connectivity index (χ1) is 23.8. The highest BCUT2D eigenvalue weighted by Gasteiger charge is 2.18. The van der Waals surface area contributed by atoms with E-state index in [-0.39, 0.29) is 0 Å². The summed E-state index contributed by atoms with van der Waals surface area (Å²) in [6.07, 6.45) is 0. The molecule has 0 unspecified atom stereocenters. The van der Waals surface area contributed by atoms with E-state index >= 15 is 0 Å². The van der Waals surface area contributed by atoms with Crippen LogP contribution in [-0.4, -0.2) is 9.97 Å². The Morgan fingerprint density at radius 2 is 0.812 bits per heavy atom. The van der Waals surface area contributed by atoms with Crippen molar-refractivity contribution < 1.29 is 0 Å². The lowest BCUT2D eigenvalue weighted by molar-refractivity contribution is 1.19. The molecule has 224 valence electrons. The SMILES string of the molecule is c1ccc(-c2nc(-c3ccc4ccccc4c3-c3ccccc3)cc(-c3ccc(-c4ccc5ccccc5c4)c4ccccc34)n2)cc1. The van der Waals surface area contributed by atoms with E-state index in [1.807, 2.05) is 18.2 Å². The Bertz CT molecular complexity index is 2610. The van der Waals surface area contributed by atoms with Gasteiger partial charge in [0.25, 0.3) is 0 Å². The van der Waals surface area contributed by atoms with Crippen molar-refractivity contribution in [1.82, 2.24) is 9.97 Å². The molecule has 0 aliphatic heterocycles. The second-order valence-electron chi connectivity index (χ2n) is 12.2. The normalized spacial score (nSPS) is 11.3. The van der Waals surface area contributed by atoms with Gasteiger partial charge in [0.1, 0.15) is 0 Å². The molecule has 0 aliphatic carbocycles. The highest BCUT2D eigenvalue weighted by molar-refractivity contribution is 6.07. The molecule has 9 aromatic rings. The summed E-state index contributed by atoms with van der Waals surface area (Å²) in [5.74, 6) is 0.706. The van der Waals surface area contributed by atoms with Gasteiger partial charge in [0, 0.05) is 16.7 Å². The first kappa shape index (κ1) is 27.9. The molecule has 0 fully saturated rings. The average molecular weight is 611 g/mol. The van der Waals surface area contributed by atoms with Crippen molar-refractivity contribution >= 4 is 32.3 Å². The van der Waals surface area contributed by atoms with Gasteiger partial charge in [-0.05, 0) is 66.7 Å². The fourth-order valence-corrected chi connectivity index (χ4v) is 6.97.